The fourth-order valence-electron chi connectivity index (χ4n) is 0.595. The average molecular weight is 161 g/mol. The van der Waals surface area contributed by atoms with Crippen molar-refractivity contribution in [2.24, 2.45) is 5.73 Å². The zero-order valence-electron chi connectivity index (χ0n) is 7.51. The largest absolute Gasteiger partial charge is 0.399 e. The lowest BCUT2D eigenvalue weighted by atomic mass is 10.1. The fourth-order valence-corrected chi connectivity index (χ4v) is 0.595. The van der Waals surface area contributed by atoms with Crippen LogP contribution >= 0.6 is 0 Å². The van der Waals surface area contributed by atoms with Gasteiger partial charge in [0.1, 0.15) is 0 Å². The Labute approximate surface area is 74.3 Å². The molecule has 0 aromatic rings. The lowest BCUT2D eigenvalue weighted by Crippen LogP contribution is -1.95. The summed E-state index contributed by atoms with van der Waals surface area (Å²) in [4.78, 5) is 0. The van der Waals surface area contributed by atoms with E-state index in [1.54, 1.807) is 12.2 Å². The molecule has 0 rings (SSSR count). The van der Waals surface area contributed by atoms with Crippen LogP contribution in [0.15, 0.2) is 60.9 Å². The Morgan fingerprint density at radius 3 is 2.08 bits per heavy atom. The molecule has 0 amide bonds. The van der Waals surface area contributed by atoms with E-state index in [0.717, 1.165) is 11.1 Å². The molecule has 0 aromatic carbocycles. The second kappa shape index (κ2) is 5.19. The molecule has 0 aliphatic rings. The Morgan fingerprint density at radius 2 is 1.75 bits per heavy atom. The Balaban J connectivity index is 4.62. The molecule has 0 aliphatic carbocycles. The van der Waals surface area contributed by atoms with Crippen LogP contribution in [-0.4, -0.2) is 0 Å². The molecule has 2 N–H and O–H groups in total. The molecule has 0 fully saturated rings. The summed E-state index contributed by atoms with van der Waals surface area (Å²) in [5, 5.41) is 0. The summed E-state index contributed by atoms with van der Waals surface area (Å²) in [6, 6.07) is 0. The third kappa shape index (κ3) is 3.62. The van der Waals surface area contributed by atoms with E-state index in [2.05, 4.69) is 19.7 Å². The maximum Gasteiger partial charge on any atom is 0.0314 e. The third-order valence-corrected chi connectivity index (χ3v) is 1.44. The highest BCUT2D eigenvalue weighted by Crippen LogP contribution is 2.04. The first kappa shape index (κ1) is 10.5. The van der Waals surface area contributed by atoms with E-state index in [1.165, 1.54) is 0 Å². The van der Waals surface area contributed by atoms with E-state index in [1.807, 2.05) is 19.1 Å². The van der Waals surface area contributed by atoms with Crippen LogP contribution in [0, 0.1) is 0 Å². The first-order chi connectivity index (χ1) is 5.61. The molecule has 1 nitrogen and oxygen atoms in total. The van der Waals surface area contributed by atoms with Gasteiger partial charge in [-0.3, -0.25) is 0 Å². The van der Waals surface area contributed by atoms with Crippen molar-refractivity contribution in [3.05, 3.63) is 60.9 Å². The van der Waals surface area contributed by atoms with Crippen molar-refractivity contribution in [1.29, 1.82) is 0 Å². The van der Waals surface area contributed by atoms with E-state index >= 15 is 0 Å². The van der Waals surface area contributed by atoms with Gasteiger partial charge in [-0.1, -0.05) is 49.6 Å². The van der Waals surface area contributed by atoms with Gasteiger partial charge >= 0.3 is 0 Å². The first-order valence-corrected chi connectivity index (χ1v) is 3.70. The molecule has 64 valence electrons. The summed E-state index contributed by atoms with van der Waals surface area (Å²) in [6.07, 6.45) is 7.24. The van der Waals surface area contributed by atoms with Crippen molar-refractivity contribution in [2.75, 3.05) is 0 Å². The molecular formula is C11H15N. The van der Waals surface area contributed by atoms with Gasteiger partial charge in [0.2, 0.25) is 0 Å². The van der Waals surface area contributed by atoms with E-state index in [4.69, 9.17) is 5.73 Å². The highest BCUT2D eigenvalue weighted by Gasteiger charge is 1.89. The SMILES string of the molecule is C=C/C(C)=C/C=C(\C=C)C(=C)N. The van der Waals surface area contributed by atoms with E-state index in [9.17, 15) is 0 Å². The molecule has 0 saturated heterocycles. The molecule has 0 bridgehead atoms. The van der Waals surface area contributed by atoms with Crippen LogP contribution in [0.3, 0.4) is 0 Å². The lowest BCUT2D eigenvalue weighted by molar-refractivity contribution is 1.37. The maximum atomic E-state index is 5.49. The number of nitrogens with two attached hydrogens (primary N) is 1. The molecule has 0 aromatic heterocycles. The minimum atomic E-state index is 0.526. The van der Waals surface area contributed by atoms with Gasteiger partial charge in [0.25, 0.3) is 0 Å². The maximum absolute atomic E-state index is 5.49. The van der Waals surface area contributed by atoms with Gasteiger partial charge in [0.15, 0.2) is 0 Å². The quantitative estimate of drug-likeness (QED) is 0.630. The van der Waals surface area contributed by atoms with Crippen LogP contribution in [0.5, 0.6) is 0 Å². The van der Waals surface area contributed by atoms with Gasteiger partial charge in [-0.25, -0.2) is 0 Å². The number of hydrogen-bond donors (Lipinski definition) is 1. The summed E-state index contributed by atoms with van der Waals surface area (Å²) in [5.41, 5.74) is 7.93. The Morgan fingerprint density at radius 1 is 1.17 bits per heavy atom. The van der Waals surface area contributed by atoms with Crippen molar-refractivity contribution >= 4 is 0 Å². The highest BCUT2D eigenvalue weighted by molar-refractivity contribution is 5.38. The normalized spacial score (nSPS) is 12.4. The summed E-state index contributed by atoms with van der Waals surface area (Å²) in [5.74, 6) is 0. The Bertz CT molecular complexity index is 254. The third-order valence-electron chi connectivity index (χ3n) is 1.44. The van der Waals surface area contributed by atoms with Gasteiger partial charge in [0, 0.05) is 5.70 Å². The zero-order valence-corrected chi connectivity index (χ0v) is 7.51. The van der Waals surface area contributed by atoms with Crippen LogP contribution < -0.4 is 5.73 Å². The van der Waals surface area contributed by atoms with Crippen molar-refractivity contribution in [1.82, 2.24) is 0 Å². The van der Waals surface area contributed by atoms with Crippen molar-refractivity contribution < 1.29 is 0 Å². The average Bonchev–Trinajstić information content (AvgIpc) is 2.04. The van der Waals surface area contributed by atoms with Crippen LogP contribution in [-0.2, 0) is 0 Å². The van der Waals surface area contributed by atoms with Crippen LogP contribution in [0.4, 0.5) is 0 Å². The lowest BCUT2D eigenvalue weighted by Gasteiger charge is -1.97. The standard InChI is InChI=1S/C11H15N/c1-5-9(3)7-8-11(6-2)10(4)12/h5-8H,1-2,4,12H2,3H3/b9-7+,11-8+. The molecule has 0 unspecified atom stereocenters. The second-order valence-electron chi connectivity index (χ2n) is 2.47. The van der Waals surface area contributed by atoms with Crippen LogP contribution in [0.25, 0.3) is 0 Å². The minimum Gasteiger partial charge on any atom is -0.399 e. The van der Waals surface area contributed by atoms with Crippen molar-refractivity contribution in [2.45, 2.75) is 6.92 Å². The van der Waals surface area contributed by atoms with Gasteiger partial charge in [-0.05, 0) is 12.5 Å². The molecule has 0 saturated carbocycles. The molecule has 0 radical (unpaired) electrons. The summed E-state index contributed by atoms with van der Waals surface area (Å²) in [6.45, 7) is 12.8. The molecule has 12 heavy (non-hydrogen) atoms. The summed E-state index contributed by atoms with van der Waals surface area (Å²) >= 11 is 0. The first-order valence-electron chi connectivity index (χ1n) is 3.70. The monoisotopic (exact) mass is 161 g/mol. The predicted molar refractivity (Wildman–Crippen MR) is 55.6 cm³/mol. The summed E-state index contributed by atoms with van der Waals surface area (Å²) in [7, 11) is 0. The Kier molecular flexibility index (Phi) is 4.54. The fraction of sp³-hybridized carbons (Fsp3) is 0.0909. The van der Waals surface area contributed by atoms with E-state index < -0.39 is 0 Å². The van der Waals surface area contributed by atoms with Gasteiger partial charge in [-0.2, -0.15) is 0 Å². The Hall–Kier alpha value is -1.50. The minimum absolute atomic E-state index is 0.526. The second-order valence-corrected chi connectivity index (χ2v) is 2.47. The van der Waals surface area contributed by atoms with Gasteiger partial charge in [-0.15, -0.1) is 0 Å². The molecular weight excluding hydrogens is 146 g/mol. The van der Waals surface area contributed by atoms with Gasteiger partial charge < -0.3 is 5.73 Å². The topological polar surface area (TPSA) is 26.0 Å². The van der Waals surface area contributed by atoms with Gasteiger partial charge in [0.05, 0.1) is 0 Å². The van der Waals surface area contributed by atoms with Crippen molar-refractivity contribution in [3.63, 3.8) is 0 Å². The molecule has 1 heteroatoms. The zero-order chi connectivity index (χ0) is 9.56. The summed E-state index contributed by atoms with van der Waals surface area (Å²) < 4.78 is 0. The smallest absolute Gasteiger partial charge is 0.0314 e. The van der Waals surface area contributed by atoms with E-state index in [-0.39, 0.29) is 0 Å². The number of hydrogen-bond acceptors (Lipinski definition) is 1. The highest BCUT2D eigenvalue weighted by atomic mass is 14.6. The van der Waals surface area contributed by atoms with E-state index in [0.29, 0.717) is 5.70 Å². The number of allylic oxidation sites excluding steroid dienone is 5. The van der Waals surface area contributed by atoms with Crippen LogP contribution in [0.2, 0.25) is 0 Å². The molecule has 0 atom stereocenters. The molecule has 0 heterocycles. The number of rotatable bonds is 4. The molecule has 0 spiro atoms. The predicted octanol–water partition coefficient (Wildman–Crippen LogP) is 2.70. The van der Waals surface area contributed by atoms with Crippen molar-refractivity contribution in [3.8, 4) is 0 Å². The van der Waals surface area contributed by atoms with Crippen LogP contribution in [0.1, 0.15) is 6.92 Å². The molecule has 0 aliphatic heterocycles.